The van der Waals surface area contributed by atoms with Crippen molar-refractivity contribution in [3.63, 3.8) is 0 Å². The van der Waals surface area contributed by atoms with Crippen LogP contribution in [0.25, 0.3) is 0 Å². The third-order valence-electron chi connectivity index (χ3n) is 7.74. The molecule has 4 rings (SSSR count). The SMILES string of the molecule is C#CCCC[N+]1=C(/C=C/C=C/C=C2/N(C)c3ccccc3C2(C)CC(=O)OC)C(C)(C)c2ccccc21. The topological polar surface area (TPSA) is 32.5 Å². The Kier molecular flexibility index (Phi) is 7.55. The number of nitrogens with zero attached hydrogens (tertiary/aromatic N) is 2. The first kappa shape index (κ1) is 26.2. The molecule has 0 fully saturated rings. The molecule has 0 aromatic heterocycles. The van der Waals surface area contributed by atoms with Gasteiger partial charge in [0.25, 0.3) is 0 Å². The first-order valence-electron chi connectivity index (χ1n) is 12.9. The molecule has 0 N–H and O–H groups in total. The molecule has 190 valence electrons. The fourth-order valence-corrected chi connectivity index (χ4v) is 5.79. The molecule has 0 aliphatic carbocycles. The largest absolute Gasteiger partial charge is 0.469 e. The third kappa shape index (κ3) is 4.79. The minimum Gasteiger partial charge on any atom is -0.469 e. The predicted molar refractivity (Wildman–Crippen MR) is 153 cm³/mol. The minimum atomic E-state index is -0.454. The summed E-state index contributed by atoms with van der Waals surface area (Å²) in [5.41, 5.74) is 6.65. The van der Waals surface area contributed by atoms with Crippen molar-refractivity contribution in [2.24, 2.45) is 0 Å². The van der Waals surface area contributed by atoms with E-state index in [1.807, 2.05) is 12.1 Å². The number of carbonyl (C=O) groups is 1. The lowest BCUT2D eigenvalue weighted by Gasteiger charge is -2.27. The number of esters is 1. The van der Waals surface area contributed by atoms with Crippen molar-refractivity contribution in [2.75, 3.05) is 25.6 Å². The number of benzene rings is 2. The Bertz CT molecular complexity index is 1350. The van der Waals surface area contributed by atoms with Crippen LogP contribution in [0.3, 0.4) is 0 Å². The van der Waals surface area contributed by atoms with Gasteiger partial charge in [0.1, 0.15) is 6.54 Å². The van der Waals surface area contributed by atoms with Crippen molar-refractivity contribution in [3.05, 3.63) is 95.7 Å². The molecule has 2 heterocycles. The summed E-state index contributed by atoms with van der Waals surface area (Å²) < 4.78 is 7.44. The lowest BCUT2D eigenvalue weighted by molar-refractivity contribution is -0.438. The van der Waals surface area contributed by atoms with Crippen LogP contribution in [0, 0.1) is 12.3 Å². The first-order chi connectivity index (χ1) is 17.8. The van der Waals surface area contributed by atoms with Crippen LogP contribution in [0.1, 0.15) is 51.2 Å². The van der Waals surface area contributed by atoms with E-state index in [2.05, 4.69) is 110 Å². The number of ether oxygens (including phenoxy) is 1. The van der Waals surface area contributed by atoms with Crippen LogP contribution in [0.4, 0.5) is 11.4 Å². The number of rotatable bonds is 8. The summed E-state index contributed by atoms with van der Waals surface area (Å²) in [6, 6.07) is 16.9. The van der Waals surface area contributed by atoms with Gasteiger partial charge in [-0.05, 0) is 38.5 Å². The number of likely N-dealkylation sites (N-methyl/N-ethyl adjacent to an activating group) is 1. The third-order valence-corrected chi connectivity index (χ3v) is 7.74. The van der Waals surface area contributed by atoms with E-state index >= 15 is 0 Å². The second kappa shape index (κ2) is 10.6. The summed E-state index contributed by atoms with van der Waals surface area (Å²) >= 11 is 0. The lowest BCUT2D eigenvalue weighted by Crippen LogP contribution is -2.29. The van der Waals surface area contributed by atoms with E-state index in [9.17, 15) is 4.79 Å². The van der Waals surface area contributed by atoms with E-state index in [1.54, 1.807) is 0 Å². The molecule has 37 heavy (non-hydrogen) atoms. The number of terminal acetylenes is 1. The molecule has 0 saturated carbocycles. The zero-order valence-electron chi connectivity index (χ0n) is 22.6. The van der Waals surface area contributed by atoms with Gasteiger partial charge in [-0.15, -0.1) is 12.3 Å². The van der Waals surface area contributed by atoms with Gasteiger partial charge >= 0.3 is 5.97 Å². The summed E-state index contributed by atoms with van der Waals surface area (Å²) in [5.74, 6) is 2.55. The fraction of sp³-hybridized carbons (Fsp3) is 0.333. The Morgan fingerprint density at radius 3 is 2.49 bits per heavy atom. The monoisotopic (exact) mass is 493 g/mol. The van der Waals surface area contributed by atoms with Gasteiger partial charge in [-0.2, -0.15) is 4.58 Å². The normalized spacial score (nSPS) is 21.1. The Morgan fingerprint density at radius 1 is 1.05 bits per heavy atom. The van der Waals surface area contributed by atoms with Crippen molar-refractivity contribution in [3.8, 4) is 12.3 Å². The summed E-state index contributed by atoms with van der Waals surface area (Å²) in [6.07, 6.45) is 18.1. The summed E-state index contributed by atoms with van der Waals surface area (Å²) in [4.78, 5) is 14.5. The van der Waals surface area contributed by atoms with Gasteiger partial charge in [-0.3, -0.25) is 4.79 Å². The molecule has 1 unspecified atom stereocenters. The van der Waals surface area contributed by atoms with E-state index in [0.717, 1.165) is 36.3 Å². The maximum atomic E-state index is 12.3. The number of hydrogen-bond donors (Lipinski definition) is 0. The van der Waals surface area contributed by atoms with Crippen molar-refractivity contribution in [2.45, 2.75) is 50.9 Å². The van der Waals surface area contributed by atoms with E-state index in [-0.39, 0.29) is 17.8 Å². The quantitative estimate of drug-likeness (QED) is 0.139. The summed E-state index contributed by atoms with van der Waals surface area (Å²) in [5, 5.41) is 0. The van der Waals surface area contributed by atoms with Crippen LogP contribution in [-0.4, -0.2) is 37.0 Å². The first-order valence-corrected chi connectivity index (χ1v) is 12.9. The van der Waals surface area contributed by atoms with E-state index in [1.165, 1.54) is 24.1 Å². The van der Waals surface area contributed by atoms with Crippen LogP contribution in [0.5, 0.6) is 0 Å². The van der Waals surface area contributed by atoms with Crippen molar-refractivity contribution < 1.29 is 14.1 Å². The van der Waals surface area contributed by atoms with Crippen molar-refractivity contribution in [1.82, 2.24) is 0 Å². The molecule has 0 saturated heterocycles. The maximum Gasteiger partial charge on any atom is 0.306 e. The van der Waals surface area contributed by atoms with Gasteiger partial charge in [-0.1, -0.05) is 54.6 Å². The Balaban J connectivity index is 1.63. The van der Waals surface area contributed by atoms with Crippen LogP contribution in [0.15, 0.2) is 84.6 Å². The molecule has 0 bridgehead atoms. The molecule has 0 amide bonds. The second-order valence-corrected chi connectivity index (χ2v) is 10.4. The molecule has 0 radical (unpaired) electrons. The number of carbonyl (C=O) groups excluding carboxylic acids is 1. The molecule has 4 nitrogen and oxygen atoms in total. The van der Waals surface area contributed by atoms with Crippen LogP contribution in [0.2, 0.25) is 0 Å². The Labute approximate surface area is 221 Å². The number of fused-ring (bicyclic) bond motifs is 2. The molecule has 2 aliphatic heterocycles. The van der Waals surface area contributed by atoms with Crippen molar-refractivity contribution >= 4 is 23.1 Å². The van der Waals surface area contributed by atoms with Crippen LogP contribution >= 0.6 is 0 Å². The number of unbranched alkanes of at least 4 members (excludes halogenated alkanes) is 1. The second-order valence-electron chi connectivity index (χ2n) is 10.4. The molecule has 2 aromatic rings. The predicted octanol–water partition coefficient (Wildman–Crippen LogP) is 6.44. The number of anilines is 1. The average Bonchev–Trinajstić information content (AvgIpc) is 3.24. The van der Waals surface area contributed by atoms with E-state index in [0.29, 0.717) is 0 Å². The van der Waals surface area contributed by atoms with Crippen LogP contribution in [-0.2, 0) is 20.4 Å². The molecule has 2 aliphatic rings. The molecular weight excluding hydrogens is 456 g/mol. The van der Waals surface area contributed by atoms with Gasteiger partial charge in [0.15, 0.2) is 5.71 Å². The van der Waals surface area contributed by atoms with E-state index in [4.69, 9.17) is 11.2 Å². The van der Waals surface area contributed by atoms with Gasteiger partial charge in [0.2, 0.25) is 5.69 Å². The molecule has 0 spiro atoms. The number of allylic oxidation sites excluding steroid dienone is 6. The molecule has 1 atom stereocenters. The van der Waals surface area contributed by atoms with Gasteiger partial charge in [0.05, 0.1) is 18.9 Å². The minimum absolute atomic E-state index is 0.0953. The zero-order valence-corrected chi connectivity index (χ0v) is 22.6. The Morgan fingerprint density at radius 2 is 1.76 bits per heavy atom. The molecule has 2 aromatic carbocycles. The highest BCUT2D eigenvalue weighted by atomic mass is 16.5. The zero-order chi connectivity index (χ0) is 26.6. The lowest BCUT2D eigenvalue weighted by atomic mass is 9.78. The molecular formula is C33H37N2O2+. The van der Waals surface area contributed by atoms with E-state index < -0.39 is 5.41 Å². The number of para-hydroxylation sites is 2. The van der Waals surface area contributed by atoms with Gasteiger partial charge < -0.3 is 9.64 Å². The highest BCUT2D eigenvalue weighted by Crippen LogP contribution is 2.49. The average molecular weight is 494 g/mol. The summed E-state index contributed by atoms with van der Waals surface area (Å²) in [7, 11) is 3.50. The maximum absolute atomic E-state index is 12.3. The highest BCUT2D eigenvalue weighted by molar-refractivity contribution is 6.03. The number of methoxy groups -OCH3 is 1. The summed E-state index contributed by atoms with van der Waals surface area (Å²) in [6.45, 7) is 7.57. The fourth-order valence-electron chi connectivity index (χ4n) is 5.79. The smallest absolute Gasteiger partial charge is 0.306 e. The number of hydrogen-bond acceptors (Lipinski definition) is 3. The van der Waals surface area contributed by atoms with Gasteiger partial charge in [-0.25, -0.2) is 0 Å². The van der Waals surface area contributed by atoms with Gasteiger partial charge in [0, 0.05) is 54.4 Å². The van der Waals surface area contributed by atoms with Crippen molar-refractivity contribution in [1.29, 1.82) is 0 Å². The van der Waals surface area contributed by atoms with Crippen LogP contribution < -0.4 is 4.90 Å². The molecule has 4 heteroatoms. The standard InChI is InChI=1S/C33H37N2O2/c1-7-8-16-23-35-28-20-15-12-17-25(28)32(2,3)29(35)21-10-9-11-22-30-33(4,24-31(36)37-6)26-18-13-14-19-27(26)34(30)5/h1,9-15,17-22H,8,16,23-24H2,2-6H3/q+1. The highest BCUT2D eigenvalue weighted by Gasteiger charge is 2.44. The Hall–Kier alpha value is -3.84.